The standard InChI is InChI=1S/C22H18Cl2F3NO4.C22H20Cl2FNO4/c1-3-16-13(8-11-4-5-12(23)9-14(11)24)20(32-22(26)27)18-17(31-10(2)21(29)30)7-6-15(25)19(18)28-16;1-4-17-14(9-12-5-6-13(23)10-15(12)24)21(29-3)19-18(30-11(2)22(27)28)8-7-16(25)20(19)26-17/h4-7,9-10,22H,3,8H2,1-2H3,(H,29,30);5-8,10-11H,4,9H2,1-3H3,(H,27,28)/t10-;11-/m00/s1. The minimum atomic E-state index is -3.24. The number of alkyl halides is 2. The Kier molecular flexibility index (Phi) is 16.0. The summed E-state index contributed by atoms with van der Waals surface area (Å²) in [4.78, 5) is 31.3. The predicted molar refractivity (Wildman–Crippen MR) is 229 cm³/mol. The van der Waals surface area contributed by atoms with Crippen LogP contribution in [0.25, 0.3) is 21.8 Å². The second kappa shape index (κ2) is 20.7. The molecule has 328 valence electrons. The van der Waals surface area contributed by atoms with Crippen LogP contribution in [0, 0.1) is 11.6 Å². The van der Waals surface area contributed by atoms with Crippen molar-refractivity contribution in [1.29, 1.82) is 0 Å². The number of aryl methyl sites for hydroxylation is 2. The lowest BCUT2D eigenvalue weighted by atomic mass is 9.98. The number of carbonyl (C=O) groups is 2. The molecule has 0 fully saturated rings. The molecule has 6 aromatic rings. The molecule has 0 spiro atoms. The van der Waals surface area contributed by atoms with Gasteiger partial charge in [0.1, 0.15) is 45.7 Å². The van der Waals surface area contributed by atoms with Crippen molar-refractivity contribution < 1.29 is 56.3 Å². The Labute approximate surface area is 373 Å². The average molecular weight is 941 g/mol. The fourth-order valence-electron chi connectivity index (χ4n) is 6.50. The van der Waals surface area contributed by atoms with Gasteiger partial charge < -0.3 is 29.2 Å². The van der Waals surface area contributed by atoms with E-state index < -0.39 is 42.4 Å². The van der Waals surface area contributed by atoms with Gasteiger partial charge in [0.15, 0.2) is 12.2 Å². The van der Waals surface area contributed by atoms with Crippen LogP contribution in [-0.2, 0) is 35.3 Å². The summed E-state index contributed by atoms with van der Waals surface area (Å²) >= 11 is 24.6. The summed E-state index contributed by atoms with van der Waals surface area (Å²) in [6.07, 6.45) is -1.24. The van der Waals surface area contributed by atoms with Gasteiger partial charge in [0.05, 0.1) is 17.9 Å². The number of carboxylic acids is 2. The largest absolute Gasteiger partial charge is 0.496 e. The highest BCUT2D eigenvalue weighted by molar-refractivity contribution is 6.35. The van der Waals surface area contributed by atoms with Crippen molar-refractivity contribution in [2.45, 2.75) is 72.2 Å². The number of hydrogen-bond donors (Lipinski definition) is 2. The third kappa shape index (κ3) is 10.8. The number of ether oxygens (including phenoxy) is 4. The van der Waals surface area contributed by atoms with Crippen LogP contribution in [0.3, 0.4) is 0 Å². The summed E-state index contributed by atoms with van der Waals surface area (Å²) in [5.74, 6) is -3.72. The third-order valence-electron chi connectivity index (χ3n) is 9.52. The van der Waals surface area contributed by atoms with Crippen molar-refractivity contribution in [2.24, 2.45) is 0 Å². The summed E-state index contributed by atoms with van der Waals surface area (Å²) in [7, 11) is 1.47. The number of hydrogen-bond acceptors (Lipinski definition) is 8. The van der Waals surface area contributed by atoms with Gasteiger partial charge >= 0.3 is 18.6 Å². The molecule has 2 atom stereocenters. The van der Waals surface area contributed by atoms with E-state index in [2.05, 4.69) is 9.97 Å². The summed E-state index contributed by atoms with van der Waals surface area (Å²) < 4.78 is 77.7. The van der Waals surface area contributed by atoms with Crippen LogP contribution in [0.4, 0.5) is 17.6 Å². The summed E-state index contributed by atoms with van der Waals surface area (Å²) in [6, 6.07) is 14.7. The molecule has 0 aliphatic carbocycles. The zero-order valence-corrected chi connectivity index (χ0v) is 36.6. The molecule has 2 N–H and O–H groups in total. The Balaban J connectivity index is 0.000000235. The zero-order chi connectivity index (χ0) is 45.6. The summed E-state index contributed by atoms with van der Waals surface area (Å²) in [5, 5.41) is 20.2. The average Bonchev–Trinajstić information content (AvgIpc) is 3.22. The smallest absolute Gasteiger partial charge is 0.387 e. The van der Waals surface area contributed by atoms with Gasteiger partial charge in [-0.05, 0) is 86.3 Å². The Morgan fingerprint density at radius 3 is 1.40 bits per heavy atom. The van der Waals surface area contributed by atoms with Crippen LogP contribution in [0.15, 0.2) is 60.7 Å². The second-order valence-corrected chi connectivity index (χ2v) is 15.3. The number of carboxylic acid groups (broad SMARTS) is 2. The summed E-state index contributed by atoms with van der Waals surface area (Å²) in [5.41, 5.74) is 3.09. The van der Waals surface area contributed by atoms with Crippen molar-refractivity contribution in [1.82, 2.24) is 9.97 Å². The van der Waals surface area contributed by atoms with E-state index in [1.165, 1.54) is 39.2 Å². The molecule has 6 rings (SSSR count). The minimum Gasteiger partial charge on any atom is -0.496 e. The van der Waals surface area contributed by atoms with Crippen LogP contribution in [0.5, 0.6) is 23.0 Å². The number of benzene rings is 4. The molecule has 0 radical (unpaired) electrons. The number of aliphatic carboxylic acids is 2. The maximum absolute atomic E-state index is 14.6. The van der Waals surface area contributed by atoms with Crippen molar-refractivity contribution >= 4 is 80.1 Å². The molecular weight excluding hydrogens is 902 g/mol. The molecule has 0 amide bonds. The Hall–Kier alpha value is -5.28. The first kappa shape index (κ1) is 47.8. The molecule has 0 aliphatic rings. The highest BCUT2D eigenvalue weighted by atomic mass is 35.5. The lowest BCUT2D eigenvalue weighted by Crippen LogP contribution is -2.23. The normalized spacial score (nSPS) is 12.2. The predicted octanol–water partition coefficient (Wildman–Crippen LogP) is 12.0. The van der Waals surface area contributed by atoms with Crippen LogP contribution in [0.1, 0.15) is 61.3 Å². The molecule has 0 aliphatic heterocycles. The van der Waals surface area contributed by atoms with Gasteiger partial charge in [-0.25, -0.2) is 28.3 Å². The van der Waals surface area contributed by atoms with E-state index in [0.717, 1.165) is 23.3 Å². The van der Waals surface area contributed by atoms with E-state index in [9.17, 15) is 37.4 Å². The van der Waals surface area contributed by atoms with Gasteiger partial charge in [0.25, 0.3) is 0 Å². The van der Waals surface area contributed by atoms with Crippen molar-refractivity contribution in [2.75, 3.05) is 7.11 Å². The number of aromatic nitrogens is 2. The maximum atomic E-state index is 14.6. The molecule has 62 heavy (non-hydrogen) atoms. The highest BCUT2D eigenvalue weighted by Gasteiger charge is 2.27. The van der Waals surface area contributed by atoms with E-state index in [4.69, 9.17) is 65.4 Å². The van der Waals surface area contributed by atoms with Crippen LogP contribution in [-0.4, -0.2) is 58.0 Å². The van der Waals surface area contributed by atoms with Gasteiger partial charge in [0.2, 0.25) is 0 Å². The fraction of sp³-hybridized carbons (Fsp3) is 0.273. The van der Waals surface area contributed by atoms with Gasteiger partial charge in [-0.15, -0.1) is 0 Å². The second-order valence-electron chi connectivity index (χ2n) is 13.6. The van der Waals surface area contributed by atoms with Gasteiger partial charge in [0, 0.05) is 55.4 Å². The quantitative estimate of drug-likeness (QED) is 0.0957. The van der Waals surface area contributed by atoms with Crippen molar-refractivity contribution in [3.05, 3.63) is 126 Å². The van der Waals surface area contributed by atoms with Crippen molar-refractivity contribution in [3.8, 4) is 23.0 Å². The molecule has 2 heterocycles. The Morgan fingerprint density at radius 2 is 1.05 bits per heavy atom. The molecule has 4 aromatic carbocycles. The number of rotatable bonds is 15. The van der Waals surface area contributed by atoms with Gasteiger partial charge in [-0.1, -0.05) is 72.4 Å². The molecule has 0 saturated heterocycles. The van der Waals surface area contributed by atoms with Crippen LogP contribution >= 0.6 is 46.4 Å². The van der Waals surface area contributed by atoms with Crippen molar-refractivity contribution in [3.63, 3.8) is 0 Å². The maximum Gasteiger partial charge on any atom is 0.387 e. The molecule has 0 bridgehead atoms. The van der Waals surface area contributed by atoms with Crippen LogP contribution < -0.4 is 18.9 Å². The van der Waals surface area contributed by atoms with E-state index in [1.807, 2.05) is 13.0 Å². The molecule has 0 unspecified atom stereocenters. The van der Waals surface area contributed by atoms with Gasteiger partial charge in [-0.3, -0.25) is 0 Å². The first-order valence-corrected chi connectivity index (χ1v) is 20.3. The molecule has 10 nitrogen and oxygen atoms in total. The summed E-state index contributed by atoms with van der Waals surface area (Å²) in [6.45, 7) is 3.06. The van der Waals surface area contributed by atoms with E-state index >= 15 is 0 Å². The lowest BCUT2D eigenvalue weighted by Gasteiger charge is -2.20. The highest BCUT2D eigenvalue weighted by Crippen LogP contribution is 2.43. The van der Waals surface area contributed by atoms with E-state index in [0.29, 0.717) is 55.6 Å². The SMILES string of the molecule is CCc1nc2c(F)ccc(O[C@@H](C)C(=O)O)c2c(OC(F)F)c1Cc1ccc(Cl)cc1Cl.CCc1nc2c(F)ccc(O[C@@H](C)C(=O)O)c2c(OC)c1Cc1ccc(Cl)cc1Cl. The molecule has 0 saturated carbocycles. The number of fused-ring (bicyclic) bond motifs is 2. The zero-order valence-electron chi connectivity index (χ0n) is 33.6. The molecule has 18 heteroatoms. The number of nitrogens with zero attached hydrogens (tertiary/aromatic N) is 2. The molecular formula is C44H38Cl4F4N2O8. The monoisotopic (exact) mass is 938 g/mol. The number of methoxy groups -OCH3 is 1. The Morgan fingerprint density at radius 1 is 0.645 bits per heavy atom. The van der Waals surface area contributed by atoms with E-state index in [-0.39, 0.29) is 57.5 Å². The lowest BCUT2D eigenvalue weighted by molar-refractivity contribution is -0.145. The van der Waals surface area contributed by atoms with E-state index in [1.54, 1.807) is 31.2 Å². The first-order valence-electron chi connectivity index (χ1n) is 18.8. The number of pyridine rings is 2. The number of halogens is 8. The first-order chi connectivity index (χ1) is 29.4. The molecule has 2 aromatic heterocycles. The topological polar surface area (TPSA) is 137 Å². The van der Waals surface area contributed by atoms with Gasteiger partial charge in [-0.2, -0.15) is 8.78 Å². The Bertz CT molecular complexity index is 2650. The third-order valence-corrected chi connectivity index (χ3v) is 10.7. The van der Waals surface area contributed by atoms with Crippen LogP contribution in [0.2, 0.25) is 20.1 Å². The minimum absolute atomic E-state index is 0.0363. The fourth-order valence-corrected chi connectivity index (χ4v) is 7.45.